The molecule has 1 atom stereocenters. The third kappa shape index (κ3) is 3.16. The van der Waals surface area contributed by atoms with Gasteiger partial charge in [0, 0.05) is 11.9 Å². The van der Waals surface area contributed by atoms with Crippen molar-refractivity contribution in [3.63, 3.8) is 0 Å². The van der Waals surface area contributed by atoms with Crippen molar-refractivity contribution >= 4 is 17.2 Å². The maximum atomic E-state index is 12.5. The van der Waals surface area contributed by atoms with Gasteiger partial charge in [0.25, 0.3) is 5.91 Å². The average molecular weight is 307 g/mol. The van der Waals surface area contributed by atoms with E-state index in [0.717, 1.165) is 22.0 Å². The van der Waals surface area contributed by atoms with Gasteiger partial charge >= 0.3 is 0 Å². The Labute approximate surface area is 128 Å². The number of hydrogen-bond acceptors (Lipinski definition) is 5. The summed E-state index contributed by atoms with van der Waals surface area (Å²) in [7, 11) is 1.80. The molecule has 2 aromatic rings. The van der Waals surface area contributed by atoms with Crippen LogP contribution >= 0.6 is 11.3 Å². The predicted molar refractivity (Wildman–Crippen MR) is 83.3 cm³/mol. The number of furan rings is 1. The molecule has 0 radical (unpaired) electrons. The van der Waals surface area contributed by atoms with E-state index in [-0.39, 0.29) is 11.9 Å². The number of rotatable bonds is 5. The smallest absolute Gasteiger partial charge is 0.257 e. The van der Waals surface area contributed by atoms with E-state index in [1.54, 1.807) is 29.4 Å². The minimum atomic E-state index is -0.0724. The molecule has 2 aromatic heterocycles. The third-order valence-electron chi connectivity index (χ3n) is 3.56. The number of hydrogen-bond donors (Lipinski definition) is 1. The maximum absolute atomic E-state index is 12.5. The molecule has 0 fully saturated rings. The molecule has 0 saturated heterocycles. The molecule has 5 nitrogen and oxygen atoms in total. The largest absolute Gasteiger partial charge is 0.467 e. The van der Waals surface area contributed by atoms with Crippen LogP contribution < -0.4 is 5.73 Å². The van der Waals surface area contributed by atoms with Crippen LogP contribution in [-0.2, 0) is 13.0 Å². The third-order valence-corrected chi connectivity index (χ3v) is 5.03. The second-order valence-electron chi connectivity index (χ2n) is 5.01. The summed E-state index contributed by atoms with van der Waals surface area (Å²) < 4.78 is 5.23. The lowest BCUT2D eigenvalue weighted by Gasteiger charge is -2.23. The Bertz CT molecular complexity index is 633. The molecule has 0 saturated carbocycles. The molecule has 0 aliphatic carbocycles. The standard InChI is InChI=1S/C15H21N3O2S/c1-5-13-17-9(2)14(21-13)10(3)18(4)15(19)11-6-12(7-16)20-8-11/h6,8,10H,5,7,16H2,1-4H3. The van der Waals surface area contributed by atoms with Crippen molar-refractivity contribution in [2.75, 3.05) is 7.05 Å². The lowest BCUT2D eigenvalue weighted by atomic mass is 10.2. The number of carbonyl (C=O) groups is 1. The van der Waals surface area contributed by atoms with Crippen molar-refractivity contribution in [3.8, 4) is 0 Å². The molecule has 1 unspecified atom stereocenters. The van der Waals surface area contributed by atoms with Crippen LogP contribution in [0.5, 0.6) is 0 Å². The molecule has 6 heteroatoms. The van der Waals surface area contributed by atoms with Crippen molar-refractivity contribution in [2.45, 2.75) is 39.8 Å². The van der Waals surface area contributed by atoms with Crippen LogP contribution in [-0.4, -0.2) is 22.8 Å². The molecule has 2 rings (SSSR count). The summed E-state index contributed by atoms with van der Waals surface area (Å²) in [6, 6.07) is 1.68. The fourth-order valence-electron chi connectivity index (χ4n) is 2.16. The molecule has 21 heavy (non-hydrogen) atoms. The lowest BCUT2D eigenvalue weighted by Crippen LogP contribution is -2.29. The van der Waals surface area contributed by atoms with Crippen molar-refractivity contribution in [1.82, 2.24) is 9.88 Å². The first-order valence-corrected chi connectivity index (χ1v) is 7.80. The van der Waals surface area contributed by atoms with E-state index in [2.05, 4.69) is 11.9 Å². The maximum Gasteiger partial charge on any atom is 0.257 e. The minimum Gasteiger partial charge on any atom is -0.467 e. The monoisotopic (exact) mass is 307 g/mol. The molecule has 0 spiro atoms. The Morgan fingerprint density at radius 3 is 2.81 bits per heavy atom. The summed E-state index contributed by atoms with van der Waals surface area (Å²) >= 11 is 1.67. The molecule has 0 aromatic carbocycles. The van der Waals surface area contributed by atoms with Crippen LogP contribution in [0.1, 0.15) is 51.6 Å². The van der Waals surface area contributed by atoms with Gasteiger partial charge in [0.2, 0.25) is 0 Å². The number of carbonyl (C=O) groups excluding carboxylic acids is 1. The fourth-order valence-corrected chi connectivity index (χ4v) is 3.26. The van der Waals surface area contributed by atoms with E-state index >= 15 is 0 Å². The SMILES string of the molecule is CCc1nc(C)c(C(C)N(C)C(=O)c2coc(CN)c2)s1. The van der Waals surface area contributed by atoms with Gasteiger partial charge in [-0.15, -0.1) is 11.3 Å². The van der Waals surface area contributed by atoms with Crippen LogP contribution in [0, 0.1) is 6.92 Å². The molecular weight excluding hydrogens is 286 g/mol. The summed E-state index contributed by atoms with van der Waals surface area (Å²) in [5.41, 5.74) is 7.03. The van der Waals surface area contributed by atoms with Gasteiger partial charge in [0.05, 0.1) is 28.9 Å². The summed E-state index contributed by atoms with van der Waals surface area (Å²) in [6.45, 7) is 6.38. The first-order valence-electron chi connectivity index (χ1n) is 6.98. The molecule has 1 amide bonds. The predicted octanol–water partition coefficient (Wildman–Crippen LogP) is 2.90. The summed E-state index contributed by atoms with van der Waals surface area (Å²) in [5.74, 6) is 0.540. The number of aryl methyl sites for hydroxylation is 2. The van der Waals surface area contributed by atoms with E-state index in [1.165, 1.54) is 6.26 Å². The number of aromatic nitrogens is 1. The first-order chi connectivity index (χ1) is 9.97. The minimum absolute atomic E-state index is 0.0217. The zero-order valence-electron chi connectivity index (χ0n) is 12.8. The van der Waals surface area contributed by atoms with Gasteiger partial charge < -0.3 is 15.1 Å². The normalized spacial score (nSPS) is 12.4. The average Bonchev–Trinajstić information content (AvgIpc) is 3.11. The Hall–Kier alpha value is -1.66. The number of nitrogens with zero attached hydrogens (tertiary/aromatic N) is 2. The Morgan fingerprint density at radius 1 is 1.57 bits per heavy atom. The molecular formula is C15H21N3O2S. The molecule has 2 N–H and O–H groups in total. The van der Waals surface area contributed by atoms with Crippen molar-refractivity contribution in [1.29, 1.82) is 0 Å². The number of nitrogens with two attached hydrogens (primary N) is 1. The van der Waals surface area contributed by atoms with Gasteiger partial charge in [0.15, 0.2) is 0 Å². The van der Waals surface area contributed by atoms with Crippen LogP contribution in [0.2, 0.25) is 0 Å². The van der Waals surface area contributed by atoms with Crippen molar-refractivity contribution < 1.29 is 9.21 Å². The highest BCUT2D eigenvalue weighted by Gasteiger charge is 2.23. The zero-order chi connectivity index (χ0) is 15.6. The Morgan fingerprint density at radius 2 is 2.29 bits per heavy atom. The van der Waals surface area contributed by atoms with E-state index in [9.17, 15) is 4.79 Å². The fraction of sp³-hybridized carbons (Fsp3) is 0.467. The van der Waals surface area contributed by atoms with Gasteiger partial charge in [-0.2, -0.15) is 0 Å². The van der Waals surface area contributed by atoms with Crippen LogP contribution in [0.3, 0.4) is 0 Å². The highest BCUT2D eigenvalue weighted by atomic mass is 32.1. The van der Waals surface area contributed by atoms with Gasteiger partial charge in [-0.25, -0.2) is 4.98 Å². The highest BCUT2D eigenvalue weighted by molar-refractivity contribution is 7.11. The summed E-state index contributed by atoms with van der Waals surface area (Å²) in [6.07, 6.45) is 2.38. The van der Waals surface area contributed by atoms with E-state index in [1.807, 2.05) is 13.8 Å². The van der Waals surface area contributed by atoms with Gasteiger partial charge in [-0.3, -0.25) is 4.79 Å². The van der Waals surface area contributed by atoms with E-state index < -0.39 is 0 Å². The molecule has 2 heterocycles. The second-order valence-corrected chi connectivity index (χ2v) is 6.12. The van der Waals surface area contributed by atoms with Gasteiger partial charge in [-0.1, -0.05) is 6.92 Å². The van der Waals surface area contributed by atoms with E-state index in [4.69, 9.17) is 10.2 Å². The molecule has 0 aliphatic rings. The van der Waals surface area contributed by atoms with Crippen molar-refractivity contribution in [3.05, 3.63) is 39.2 Å². The lowest BCUT2D eigenvalue weighted by molar-refractivity contribution is 0.0744. The number of thiazole rings is 1. The van der Waals surface area contributed by atoms with Crippen LogP contribution in [0.15, 0.2) is 16.7 Å². The second kappa shape index (κ2) is 6.41. The van der Waals surface area contributed by atoms with Crippen LogP contribution in [0.4, 0.5) is 0 Å². The highest BCUT2D eigenvalue weighted by Crippen LogP contribution is 2.29. The quantitative estimate of drug-likeness (QED) is 0.922. The van der Waals surface area contributed by atoms with Crippen molar-refractivity contribution in [2.24, 2.45) is 5.73 Å². The Kier molecular flexibility index (Phi) is 4.80. The van der Waals surface area contributed by atoms with E-state index in [0.29, 0.717) is 17.9 Å². The summed E-state index contributed by atoms with van der Waals surface area (Å²) in [5, 5.41) is 1.10. The topological polar surface area (TPSA) is 72.4 Å². The Balaban J connectivity index is 2.19. The van der Waals surface area contributed by atoms with Gasteiger partial charge in [0.1, 0.15) is 12.0 Å². The molecule has 114 valence electrons. The number of amides is 1. The first kappa shape index (κ1) is 15.7. The van der Waals surface area contributed by atoms with Crippen LogP contribution in [0.25, 0.3) is 0 Å². The molecule has 0 bridgehead atoms. The summed E-state index contributed by atoms with van der Waals surface area (Å²) in [4.78, 5) is 19.9. The van der Waals surface area contributed by atoms with Gasteiger partial charge in [-0.05, 0) is 26.3 Å². The zero-order valence-corrected chi connectivity index (χ0v) is 13.7. The molecule has 0 aliphatic heterocycles.